The highest BCUT2D eigenvalue weighted by molar-refractivity contribution is 5.94. The maximum Gasteiger partial charge on any atom is 0.433 e. The summed E-state index contributed by atoms with van der Waals surface area (Å²) in [4.78, 5) is 17.4. The van der Waals surface area contributed by atoms with Gasteiger partial charge in [-0.25, -0.2) is 9.37 Å². The number of hydrogen-bond acceptors (Lipinski definition) is 4. The summed E-state index contributed by atoms with van der Waals surface area (Å²) in [7, 11) is 0. The maximum absolute atomic E-state index is 13.0. The second-order valence-corrected chi connectivity index (χ2v) is 6.48. The molecule has 1 aliphatic heterocycles. The second kappa shape index (κ2) is 7.19. The quantitative estimate of drug-likeness (QED) is 0.673. The monoisotopic (exact) mass is 406 g/mol. The fourth-order valence-corrected chi connectivity index (χ4v) is 2.86. The first-order valence-corrected chi connectivity index (χ1v) is 8.61. The summed E-state index contributed by atoms with van der Waals surface area (Å²) in [6.45, 7) is 0.420. The molecule has 150 valence electrons. The molecule has 3 heterocycles. The molecule has 6 nitrogen and oxygen atoms in total. The Labute approximate surface area is 162 Å². The number of amides is 1. The fraction of sp³-hybridized carbons (Fsp3) is 0.211. The van der Waals surface area contributed by atoms with Crippen molar-refractivity contribution in [2.45, 2.75) is 12.3 Å². The van der Waals surface area contributed by atoms with Crippen LogP contribution < -0.4 is 4.74 Å². The van der Waals surface area contributed by atoms with Gasteiger partial charge >= 0.3 is 6.18 Å². The second-order valence-electron chi connectivity index (χ2n) is 6.48. The molecular formula is C19H14F4N4O2. The van der Waals surface area contributed by atoms with Crippen molar-refractivity contribution < 1.29 is 27.1 Å². The number of H-pyrrole nitrogens is 1. The van der Waals surface area contributed by atoms with Gasteiger partial charge in [-0.3, -0.25) is 9.89 Å². The molecule has 1 aromatic carbocycles. The van der Waals surface area contributed by atoms with Crippen molar-refractivity contribution in [1.29, 1.82) is 0 Å². The van der Waals surface area contributed by atoms with E-state index in [-0.39, 0.29) is 36.4 Å². The molecule has 3 aromatic rings. The normalized spacial score (nSPS) is 14.6. The standard InChI is InChI=1S/C19H14F4N4O2/c20-12-6-4-11(5-7-12)14-8-15(26-25-14)18(28)27-9-13(10-27)29-17-3-1-2-16(24-17)19(21,22)23/h1-8,13H,9-10H2,(H,25,26). The van der Waals surface area contributed by atoms with E-state index in [9.17, 15) is 22.4 Å². The molecule has 4 rings (SSSR count). The van der Waals surface area contributed by atoms with Gasteiger partial charge in [-0.2, -0.15) is 18.3 Å². The number of benzene rings is 1. The van der Waals surface area contributed by atoms with Crippen molar-refractivity contribution in [3.63, 3.8) is 0 Å². The van der Waals surface area contributed by atoms with Crippen LogP contribution >= 0.6 is 0 Å². The Hall–Kier alpha value is -3.43. The SMILES string of the molecule is O=C(c1cc(-c2ccc(F)cc2)n[nH]1)N1CC(Oc2cccc(C(F)(F)F)n2)C1. The zero-order valence-electron chi connectivity index (χ0n) is 14.8. The molecular weight excluding hydrogens is 392 g/mol. The number of hydrogen-bond donors (Lipinski definition) is 1. The molecule has 1 fully saturated rings. The number of nitrogens with zero attached hydrogens (tertiary/aromatic N) is 3. The van der Waals surface area contributed by atoms with E-state index in [0.717, 1.165) is 6.07 Å². The molecule has 0 atom stereocenters. The fourth-order valence-electron chi connectivity index (χ4n) is 2.86. The van der Waals surface area contributed by atoms with Gasteiger partial charge in [-0.05, 0) is 36.4 Å². The van der Waals surface area contributed by atoms with E-state index >= 15 is 0 Å². The van der Waals surface area contributed by atoms with Crippen molar-refractivity contribution in [2.75, 3.05) is 13.1 Å². The molecule has 10 heteroatoms. The third-order valence-corrected chi connectivity index (χ3v) is 4.38. The van der Waals surface area contributed by atoms with Gasteiger partial charge in [0.2, 0.25) is 5.88 Å². The lowest BCUT2D eigenvalue weighted by Gasteiger charge is -2.38. The maximum atomic E-state index is 13.0. The summed E-state index contributed by atoms with van der Waals surface area (Å²) in [6, 6.07) is 10.7. The Bertz CT molecular complexity index is 1030. The van der Waals surface area contributed by atoms with Crippen LogP contribution in [0.3, 0.4) is 0 Å². The van der Waals surface area contributed by atoms with Crippen LogP contribution in [0.25, 0.3) is 11.3 Å². The Balaban J connectivity index is 1.36. The number of aromatic amines is 1. The van der Waals surface area contributed by atoms with E-state index in [2.05, 4.69) is 15.2 Å². The highest BCUT2D eigenvalue weighted by Crippen LogP contribution is 2.29. The minimum Gasteiger partial charge on any atom is -0.471 e. The lowest BCUT2D eigenvalue weighted by atomic mass is 10.1. The van der Waals surface area contributed by atoms with E-state index in [1.807, 2.05) is 0 Å². The van der Waals surface area contributed by atoms with Crippen molar-refractivity contribution in [3.05, 3.63) is 65.7 Å². The number of alkyl halides is 3. The van der Waals surface area contributed by atoms with E-state index in [4.69, 9.17) is 4.74 Å². The molecule has 0 bridgehead atoms. The van der Waals surface area contributed by atoms with Crippen LogP contribution in [0.2, 0.25) is 0 Å². The van der Waals surface area contributed by atoms with Crippen LogP contribution in [0, 0.1) is 5.82 Å². The Morgan fingerprint density at radius 3 is 2.55 bits per heavy atom. The molecule has 1 N–H and O–H groups in total. The zero-order valence-corrected chi connectivity index (χ0v) is 14.8. The number of ether oxygens (including phenoxy) is 1. The number of rotatable bonds is 4. The Morgan fingerprint density at radius 2 is 1.86 bits per heavy atom. The predicted octanol–water partition coefficient (Wildman–Crippen LogP) is 3.53. The topological polar surface area (TPSA) is 71.1 Å². The van der Waals surface area contributed by atoms with E-state index in [0.29, 0.717) is 11.3 Å². The van der Waals surface area contributed by atoms with Crippen LogP contribution in [-0.4, -0.2) is 45.2 Å². The van der Waals surface area contributed by atoms with Crippen molar-refractivity contribution in [2.24, 2.45) is 0 Å². The molecule has 1 aliphatic rings. The first kappa shape index (κ1) is 18.9. The first-order chi connectivity index (χ1) is 13.8. The predicted molar refractivity (Wildman–Crippen MR) is 93.5 cm³/mol. The number of nitrogens with one attached hydrogen (secondary N) is 1. The summed E-state index contributed by atoms with van der Waals surface area (Å²) in [5.74, 6) is -0.831. The summed E-state index contributed by atoms with van der Waals surface area (Å²) >= 11 is 0. The van der Waals surface area contributed by atoms with Crippen LogP contribution in [0.4, 0.5) is 17.6 Å². The van der Waals surface area contributed by atoms with Crippen LogP contribution in [-0.2, 0) is 6.18 Å². The first-order valence-electron chi connectivity index (χ1n) is 8.61. The van der Waals surface area contributed by atoms with Gasteiger partial charge in [-0.15, -0.1) is 0 Å². The molecule has 1 amide bonds. The molecule has 0 unspecified atom stereocenters. The van der Waals surface area contributed by atoms with E-state index in [1.54, 1.807) is 18.2 Å². The van der Waals surface area contributed by atoms with Crippen molar-refractivity contribution in [3.8, 4) is 17.1 Å². The average Bonchev–Trinajstić information content (AvgIpc) is 3.14. The van der Waals surface area contributed by atoms with Crippen molar-refractivity contribution >= 4 is 5.91 Å². The molecule has 0 spiro atoms. The summed E-state index contributed by atoms with van der Waals surface area (Å²) < 4.78 is 56.5. The molecule has 0 aliphatic carbocycles. The molecule has 0 radical (unpaired) electrons. The number of pyridine rings is 1. The third kappa shape index (κ3) is 4.05. The summed E-state index contributed by atoms with van der Waals surface area (Å²) in [5, 5.41) is 6.70. The van der Waals surface area contributed by atoms with Gasteiger partial charge < -0.3 is 9.64 Å². The largest absolute Gasteiger partial charge is 0.471 e. The van der Waals surface area contributed by atoms with E-state index < -0.39 is 18.0 Å². The number of carbonyl (C=O) groups is 1. The minimum absolute atomic E-state index is 0.142. The summed E-state index contributed by atoms with van der Waals surface area (Å²) in [6.07, 6.45) is -5.00. The third-order valence-electron chi connectivity index (χ3n) is 4.38. The van der Waals surface area contributed by atoms with Gasteiger partial charge in [0, 0.05) is 11.6 Å². The molecule has 1 saturated heterocycles. The Kier molecular flexibility index (Phi) is 4.69. The van der Waals surface area contributed by atoms with Gasteiger partial charge in [0.05, 0.1) is 18.8 Å². The van der Waals surface area contributed by atoms with Gasteiger partial charge in [0.25, 0.3) is 5.91 Å². The van der Waals surface area contributed by atoms with Gasteiger partial charge in [0.1, 0.15) is 23.3 Å². The number of likely N-dealkylation sites (tertiary alicyclic amines) is 1. The van der Waals surface area contributed by atoms with Gasteiger partial charge in [0.15, 0.2) is 0 Å². The van der Waals surface area contributed by atoms with Crippen LogP contribution in [0.15, 0.2) is 48.5 Å². The van der Waals surface area contributed by atoms with Gasteiger partial charge in [-0.1, -0.05) is 6.07 Å². The molecule has 2 aromatic heterocycles. The lowest BCUT2D eigenvalue weighted by Crippen LogP contribution is -2.56. The molecule has 0 saturated carbocycles. The highest BCUT2D eigenvalue weighted by atomic mass is 19.4. The minimum atomic E-state index is -4.55. The number of halogens is 4. The molecule has 29 heavy (non-hydrogen) atoms. The average molecular weight is 406 g/mol. The Morgan fingerprint density at radius 1 is 1.14 bits per heavy atom. The highest BCUT2D eigenvalue weighted by Gasteiger charge is 2.35. The van der Waals surface area contributed by atoms with Crippen molar-refractivity contribution in [1.82, 2.24) is 20.1 Å². The zero-order chi connectivity index (χ0) is 20.6. The lowest BCUT2D eigenvalue weighted by molar-refractivity contribution is -0.141. The van der Waals surface area contributed by atoms with E-state index in [1.165, 1.54) is 29.2 Å². The number of carbonyl (C=O) groups excluding carboxylic acids is 1. The summed E-state index contributed by atoms with van der Waals surface area (Å²) in [5.41, 5.74) is 0.366. The number of aromatic nitrogens is 3. The van der Waals surface area contributed by atoms with Crippen LogP contribution in [0.5, 0.6) is 5.88 Å². The van der Waals surface area contributed by atoms with Crippen LogP contribution in [0.1, 0.15) is 16.2 Å². The smallest absolute Gasteiger partial charge is 0.433 e.